The van der Waals surface area contributed by atoms with Gasteiger partial charge in [-0.3, -0.25) is 4.79 Å². The number of amides is 3. The van der Waals surface area contributed by atoms with E-state index in [1.165, 1.54) is 0 Å². The molecule has 8 nitrogen and oxygen atoms in total. The first kappa shape index (κ1) is 26.4. The van der Waals surface area contributed by atoms with E-state index in [0.717, 1.165) is 29.8 Å². The molecule has 0 bridgehead atoms. The molecule has 33 heavy (non-hydrogen) atoms. The summed E-state index contributed by atoms with van der Waals surface area (Å²) in [5.74, 6) is 0.341. The highest BCUT2D eigenvalue weighted by Crippen LogP contribution is 2.27. The van der Waals surface area contributed by atoms with E-state index in [1.54, 1.807) is 9.58 Å². The van der Waals surface area contributed by atoms with E-state index >= 15 is 0 Å². The van der Waals surface area contributed by atoms with E-state index in [4.69, 9.17) is 5.10 Å². The zero-order valence-corrected chi connectivity index (χ0v) is 21.2. The zero-order chi connectivity index (χ0) is 24.6. The van der Waals surface area contributed by atoms with Crippen molar-refractivity contribution < 1.29 is 9.59 Å². The number of unbranched alkanes of at least 4 members (excludes halogenated alkanes) is 1. The lowest BCUT2D eigenvalue weighted by Crippen LogP contribution is -2.46. The fourth-order valence-electron chi connectivity index (χ4n) is 3.23. The maximum Gasteiger partial charge on any atom is 0.317 e. The van der Waals surface area contributed by atoms with Gasteiger partial charge in [0, 0.05) is 31.1 Å². The number of aryl methyl sites for hydroxylation is 1. The number of likely N-dealkylation sites (N-methyl/N-ethyl adjacent to an activating group) is 1. The summed E-state index contributed by atoms with van der Waals surface area (Å²) in [5, 5.41) is 10.7. The predicted octanol–water partition coefficient (Wildman–Crippen LogP) is 3.79. The van der Waals surface area contributed by atoms with Crippen molar-refractivity contribution in [3.05, 3.63) is 41.6 Å². The Kier molecular flexibility index (Phi) is 9.46. The molecule has 0 saturated heterocycles. The van der Waals surface area contributed by atoms with Crippen molar-refractivity contribution in [3.8, 4) is 5.69 Å². The van der Waals surface area contributed by atoms with Crippen LogP contribution < -0.4 is 10.6 Å². The van der Waals surface area contributed by atoms with Crippen LogP contribution in [0.5, 0.6) is 0 Å². The van der Waals surface area contributed by atoms with Gasteiger partial charge in [-0.2, -0.15) is 5.10 Å². The molecule has 1 heterocycles. The smallest absolute Gasteiger partial charge is 0.317 e. The predicted molar refractivity (Wildman–Crippen MR) is 134 cm³/mol. The van der Waals surface area contributed by atoms with Gasteiger partial charge < -0.3 is 20.4 Å². The molecule has 2 rings (SSSR count). The number of carbonyl (C=O) groups excluding carboxylic acids is 2. The van der Waals surface area contributed by atoms with E-state index in [9.17, 15) is 9.59 Å². The third-order valence-electron chi connectivity index (χ3n) is 5.33. The van der Waals surface area contributed by atoms with E-state index in [0.29, 0.717) is 25.5 Å². The Labute approximate surface area is 198 Å². The van der Waals surface area contributed by atoms with E-state index < -0.39 is 0 Å². The number of nitrogens with zero attached hydrogens (tertiary/aromatic N) is 4. The lowest BCUT2D eigenvalue weighted by molar-refractivity contribution is -0.116. The lowest BCUT2D eigenvalue weighted by atomic mass is 9.92. The molecule has 2 N–H and O–H groups in total. The number of hydrogen-bond acceptors (Lipinski definition) is 4. The van der Waals surface area contributed by atoms with Gasteiger partial charge in [-0.05, 0) is 39.1 Å². The van der Waals surface area contributed by atoms with Gasteiger partial charge in [-0.15, -0.1) is 0 Å². The largest absolute Gasteiger partial charge is 0.338 e. The molecule has 0 aliphatic heterocycles. The minimum Gasteiger partial charge on any atom is -0.338 e. The highest BCUT2D eigenvalue weighted by molar-refractivity contribution is 5.94. The van der Waals surface area contributed by atoms with Crippen molar-refractivity contribution in [2.45, 2.75) is 52.9 Å². The standard InChI is InChI=1S/C25H40N6O2/c1-8-9-14-26-24(33)30(16-15-29(6)7)18-23(32)27-22-17-21(25(3,4)5)28-31(22)20-13-11-10-12-19(20)2/h10-13,17H,8-9,14-16,18H2,1-7H3,(H,26,33)(H,27,32). The zero-order valence-electron chi connectivity index (χ0n) is 21.2. The second-order valence-electron chi connectivity index (χ2n) is 9.72. The van der Waals surface area contributed by atoms with Gasteiger partial charge in [0.05, 0.1) is 11.4 Å². The number of rotatable bonds is 10. The fourth-order valence-corrected chi connectivity index (χ4v) is 3.23. The maximum absolute atomic E-state index is 13.0. The van der Waals surface area contributed by atoms with Crippen LogP contribution in [0.1, 0.15) is 51.8 Å². The monoisotopic (exact) mass is 456 g/mol. The van der Waals surface area contributed by atoms with Crippen LogP contribution in [0.15, 0.2) is 30.3 Å². The summed E-state index contributed by atoms with van der Waals surface area (Å²) in [5.41, 5.74) is 2.66. The van der Waals surface area contributed by atoms with Gasteiger partial charge in [0.15, 0.2) is 0 Å². The lowest BCUT2D eigenvalue weighted by Gasteiger charge is -2.24. The molecule has 0 saturated carbocycles. The van der Waals surface area contributed by atoms with Gasteiger partial charge in [0.25, 0.3) is 0 Å². The van der Waals surface area contributed by atoms with E-state index in [1.807, 2.05) is 56.3 Å². The average molecular weight is 457 g/mol. The first-order valence-electron chi connectivity index (χ1n) is 11.7. The number of urea groups is 1. The minimum atomic E-state index is -0.255. The van der Waals surface area contributed by atoms with Crippen molar-refractivity contribution in [2.75, 3.05) is 45.6 Å². The quantitative estimate of drug-likeness (QED) is 0.533. The summed E-state index contributed by atoms with van der Waals surface area (Å²) in [4.78, 5) is 29.3. The van der Waals surface area contributed by atoms with Crippen LogP contribution in [0.4, 0.5) is 10.6 Å². The van der Waals surface area contributed by atoms with Crippen LogP contribution >= 0.6 is 0 Å². The molecule has 0 atom stereocenters. The Balaban J connectivity index is 2.24. The number of carbonyl (C=O) groups is 2. The molecule has 0 aliphatic rings. The van der Waals surface area contributed by atoms with Gasteiger partial charge in [0.1, 0.15) is 12.4 Å². The Bertz CT molecular complexity index is 929. The Morgan fingerprint density at radius 3 is 2.42 bits per heavy atom. The summed E-state index contributed by atoms with van der Waals surface area (Å²) in [6.07, 6.45) is 1.90. The van der Waals surface area contributed by atoms with Gasteiger partial charge >= 0.3 is 6.03 Å². The number of aromatic nitrogens is 2. The molecule has 0 spiro atoms. The number of hydrogen-bond donors (Lipinski definition) is 2. The first-order valence-corrected chi connectivity index (χ1v) is 11.7. The van der Waals surface area contributed by atoms with E-state index in [2.05, 4.69) is 38.3 Å². The van der Waals surface area contributed by atoms with Gasteiger partial charge in [0.2, 0.25) is 5.91 Å². The third kappa shape index (κ3) is 7.89. The third-order valence-corrected chi connectivity index (χ3v) is 5.33. The summed E-state index contributed by atoms with van der Waals surface area (Å²) in [6, 6.07) is 9.62. The van der Waals surface area contributed by atoms with Crippen molar-refractivity contribution in [1.29, 1.82) is 0 Å². The second-order valence-corrected chi connectivity index (χ2v) is 9.72. The van der Waals surface area contributed by atoms with Crippen LogP contribution in [0, 0.1) is 6.92 Å². The molecule has 1 aromatic heterocycles. The Morgan fingerprint density at radius 2 is 1.82 bits per heavy atom. The summed E-state index contributed by atoms with van der Waals surface area (Å²) >= 11 is 0. The Morgan fingerprint density at radius 1 is 1.12 bits per heavy atom. The average Bonchev–Trinajstić information content (AvgIpc) is 3.15. The number of anilines is 1. The van der Waals surface area contributed by atoms with Crippen LogP contribution in [0.3, 0.4) is 0 Å². The normalized spacial score (nSPS) is 11.5. The van der Waals surface area contributed by atoms with Crippen LogP contribution in [0.2, 0.25) is 0 Å². The molecule has 3 amide bonds. The molecule has 0 fully saturated rings. The molecule has 0 radical (unpaired) electrons. The SMILES string of the molecule is CCCCNC(=O)N(CCN(C)C)CC(=O)Nc1cc(C(C)(C)C)nn1-c1ccccc1C. The maximum atomic E-state index is 13.0. The van der Waals surface area contributed by atoms with Crippen molar-refractivity contribution >= 4 is 17.8 Å². The molecule has 8 heteroatoms. The van der Waals surface area contributed by atoms with Crippen molar-refractivity contribution in [3.63, 3.8) is 0 Å². The fraction of sp³-hybridized carbons (Fsp3) is 0.560. The first-order chi connectivity index (χ1) is 15.5. The number of nitrogens with one attached hydrogen (secondary N) is 2. The number of para-hydroxylation sites is 1. The van der Waals surface area contributed by atoms with Gasteiger partial charge in [-0.25, -0.2) is 9.48 Å². The molecule has 2 aromatic rings. The molecule has 0 aliphatic carbocycles. The van der Waals surface area contributed by atoms with Crippen LogP contribution in [-0.4, -0.2) is 71.8 Å². The number of benzene rings is 1. The summed E-state index contributed by atoms with van der Waals surface area (Å²) in [6.45, 7) is 12.1. The van der Waals surface area contributed by atoms with Crippen LogP contribution in [0.25, 0.3) is 5.69 Å². The van der Waals surface area contributed by atoms with Crippen LogP contribution in [-0.2, 0) is 10.2 Å². The molecular weight excluding hydrogens is 416 g/mol. The van der Waals surface area contributed by atoms with Crippen molar-refractivity contribution in [2.24, 2.45) is 0 Å². The summed E-state index contributed by atoms with van der Waals surface area (Å²) < 4.78 is 1.78. The molecule has 0 unspecified atom stereocenters. The highest BCUT2D eigenvalue weighted by Gasteiger charge is 2.23. The highest BCUT2D eigenvalue weighted by atomic mass is 16.2. The topological polar surface area (TPSA) is 82.5 Å². The van der Waals surface area contributed by atoms with Crippen molar-refractivity contribution in [1.82, 2.24) is 24.9 Å². The molecule has 182 valence electrons. The molecule has 1 aromatic carbocycles. The summed E-state index contributed by atoms with van der Waals surface area (Å²) in [7, 11) is 3.89. The van der Waals surface area contributed by atoms with E-state index in [-0.39, 0.29) is 23.9 Å². The molecular formula is C25H40N6O2. The van der Waals surface area contributed by atoms with Gasteiger partial charge in [-0.1, -0.05) is 52.3 Å². The minimum absolute atomic E-state index is 0.0321. The Hall–Kier alpha value is -2.87. The second kappa shape index (κ2) is 11.8.